The first-order chi connectivity index (χ1) is 15.6. The van der Waals surface area contributed by atoms with Gasteiger partial charge in [0.25, 0.3) is 0 Å². The van der Waals surface area contributed by atoms with Gasteiger partial charge in [0.1, 0.15) is 6.04 Å². The van der Waals surface area contributed by atoms with E-state index in [0.717, 1.165) is 12.8 Å². The zero-order chi connectivity index (χ0) is 25.2. The summed E-state index contributed by atoms with van der Waals surface area (Å²) >= 11 is 0. The summed E-state index contributed by atoms with van der Waals surface area (Å²) in [6, 6.07) is -0.904. The van der Waals surface area contributed by atoms with E-state index >= 15 is 0 Å². The van der Waals surface area contributed by atoms with E-state index in [1.165, 1.54) is 6.92 Å². The van der Waals surface area contributed by atoms with E-state index < -0.39 is 25.0 Å². The van der Waals surface area contributed by atoms with Crippen LogP contribution in [0.25, 0.3) is 0 Å². The molecule has 0 rings (SSSR count). The maximum Gasteiger partial charge on any atom is 0.475 e. The molecule has 0 fully saturated rings. The summed E-state index contributed by atoms with van der Waals surface area (Å²) < 4.78 is 0. The van der Waals surface area contributed by atoms with E-state index in [2.05, 4.69) is 26.2 Å². The number of nitrogens with one attached hydrogen (secondary N) is 4. The van der Waals surface area contributed by atoms with Crippen molar-refractivity contribution in [2.75, 3.05) is 13.1 Å². The minimum atomic E-state index is -1.73. The second-order valence-electron chi connectivity index (χ2n) is 8.18. The normalized spacial score (nSPS) is 13.1. The summed E-state index contributed by atoms with van der Waals surface area (Å²) in [6.07, 6.45) is 3.23. The van der Waals surface area contributed by atoms with Crippen molar-refractivity contribution in [3.63, 3.8) is 0 Å². The van der Waals surface area contributed by atoms with Gasteiger partial charge in [0.2, 0.25) is 23.7 Å². The number of nitrogens with zero attached hydrogens (tertiary/aromatic N) is 2. The van der Waals surface area contributed by atoms with Crippen LogP contribution in [0.15, 0.2) is 10.3 Å². The Balaban J connectivity index is 4.85. The van der Waals surface area contributed by atoms with E-state index in [1.807, 2.05) is 19.3 Å². The van der Waals surface area contributed by atoms with Gasteiger partial charge in [0.05, 0.1) is 11.2 Å². The highest BCUT2D eigenvalue weighted by atomic mass is 16.4. The van der Waals surface area contributed by atoms with E-state index in [9.17, 15) is 29.3 Å². The molecule has 0 bridgehead atoms. The number of nitroso groups, excluding NO2 is 1. The standard InChI is InChI=1S/C19H38BN7O6/c1-13(2)12-16(20(31)32)25-18(30)15(8-7-11-23-19(21)26-27-33)24-17(29)9-5-4-6-10-22-14(3)28/h13,15-16,31-32H,4-12H2,1-3H3,(H,22,28)(H,24,29)(H,25,30)(H3,21,23,26,33)/t15-,16-/m0/s1. The maximum absolute atomic E-state index is 12.8. The van der Waals surface area contributed by atoms with E-state index in [-0.39, 0.29) is 43.1 Å². The van der Waals surface area contributed by atoms with Crippen LogP contribution in [0.3, 0.4) is 0 Å². The van der Waals surface area contributed by atoms with Crippen LogP contribution in [0.1, 0.15) is 65.7 Å². The molecule has 0 saturated heterocycles. The molecule has 33 heavy (non-hydrogen) atoms. The summed E-state index contributed by atoms with van der Waals surface area (Å²) in [4.78, 5) is 49.9. The minimum Gasteiger partial charge on any atom is -0.426 e. The smallest absolute Gasteiger partial charge is 0.426 e. The van der Waals surface area contributed by atoms with Crippen LogP contribution < -0.4 is 27.1 Å². The number of carbonyl (C=O) groups excluding carboxylic acids is 3. The van der Waals surface area contributed by atoms with Crippen LogP contribution in [0.2, 0.25) is 0 Å². The zero-order valence-electron chi connectivity index (χ0n) is 19.7. The number of amides is 3. The summed E-state index contributed by atoms with van der Waals surface area (Å²) in [5.74, 6) is -1.86. The van der Waals surface area contributed by atoms with Crippen LogP contribution in [-0.2, 0) is 14.4 Å². The molecule has 0 aliphatic carbocycles. The summed E-state index contributed by atoms with van der Waals surface area (Å²) in [5, 5.41) is 29.5. The van der Waals surface area contributed by atoms with Crippen molar-refractivity contribution in [2.45, 2.75) is 77.7 Å². The lowest BCUT2D eigenvalue weighted by Crippen LogP contribution is -2.54. The third-order valence-electron chi connectivity index (χ3n) is 4.61. The molecule has 0 aromatic heterocycles. The van der Waals surface area contributed by atoms with E-state index in [1.54, 1.807) is 0 Å². The highest BCUT2D eigenvalue weighted by Gasteiger charge is 2.29. The lowest BCUT2D eigenvalue weighted by Gasteiger charge is -2.24. The van der Waals surface area contributed by atoms with Crippen molar-refractivity contribution in [1.82, 2.24) is 21.4 Å². The van der Waals surface area contributed by atoms with Crippen LogP contribution in [0.4, 0.5) is 0 Å². The third kappa shape index (κ3) is 16.5. The van der Waals surface area contributed by atoms with Crippen LogP contribution >= 0.6 is 0 Å². The lowest BCUT2D eigenvalue weighted by molar-refractivity contribution is -0.129. The van der Waals surface area contributed by atoms with Crippen molar-refractivity contribution < 1.29 is 24.4 Å². The molecule has 0 aliphatic rings. The Kier molecular flexibility index (Phi) is 16.3. The molecule has 0 aliphatic heterocycles. The molecule has 13 nitrogen and oxygen atoms in total. The van der Waals surface area contributed by atoms with E-state index in [0.29, 0.717) is 25.8 Å². The Morgan fingerprint density at radius 3 is 2.33 bits per heavy atom. The van der Waals surface area contributed by atoms with Crippen LogP contribution in [0.5, 0.6) is 0 Å². The molecular formula is C19H38BN7O6. The Morgan fingerprint density at radius 2 is 1.76 bits per heavy atom. The fraction of sp³-hybridized carbons (Fsp3) is 0.789. The quantitative estimate of drug-likeness (QED) is 0.0351. The van der Waals surface area contributed by atoms with Gasteiger partial charge in [-0.2, -0.15) is 0 Å². The number of hydrogen-bond acceptors (Lipinski definition) is 8. The molecule has 8 N–H and O–H groups in total. The molecule has 14 heteroatoms. The summed E-state index contributed by atoms with van der Waals surface area (Å²) in [7, 11) is -1.73. The first-order valence-corrected chi connectivity index (χ1v) is 11.1. The van der Waals surface area contributed by atoms with Gasteiger partial charge in [-0.25, -0.2) is 5.43 Å². The van der Waals surface area contributed by atoms with Gasteiger partial charge >= 0.3 is 7.12 Å². The van der Waals surface area contributed by atoms with Crippen molar-refractivity contribution in [2.24, 2.45) is 21.9 Å². The molecule has 0 saturated carbocycles. The second kappa shape index (κ2) is 17.8. The highest BCUT2D eigenvalue weighted by molar-refractivity contribution is 6.43. The number of unbranched alkanes of at least 4 members (excludes halogenated alkanes) is 2. The lowest BCUT2D eigenvalue weighted by atomic mass is 9.75. The predicted molar refractivity (Wildman–Crippen MR) is 125 cm³/mol. The van der Waals surface area contributed by atoms with Gasteiger partial charge in [-0.15, -0.1) is 4.91 Å². The van der Waals surface area contributed by atoms with Gasteiger partial charge in [-0.1, -0.05) is 20.3 Å². The second-order valence-corrected chi connectivity index (χ2v) is 8.18. The molecule has 188 valence electrons. The van der Waals surface area contributed by atoms with Crippen molar-refractivity contribution >= 4 is 30.8 Å². The van der Waals surface area contributed by atoms with Gasteiger partial charge in [-0.3, -0.25) is 19.4 Å². The fourth-order valence-electron chi connectivity index (χ4n) is 3.01. The van der Waals surface area contributed by atoms with Crippen molar-refractivity contribution in [3.8, 4) is 0 Å². The van der Waals surface area contributed by atoms with Crippen molar-refractivity contribution in [3.05, 3.63) is 4.91 Å². The highest BCUT2D eigenvalue weighted by Crippen LogP contribution is 2.08. The largest absolute Gasteiger partial charge is 0.475 e. The first-order valence-electron chi connectivity index (χ1n) is 11.1. The number of hydrogen-bond donors (Lipinski definition) is 7. The van der Waals surface area contributed by atoms with Gasteiger partial charge in [0, 0.05) is 26.4 Å². The number of rotatable bonds is 17. The molecule has 2 atom stereocenters. The Hall–Kier alpha value is -2.74. The monoisotopic (exact) mass is 471 g/mol. The third-order valence-corrected chi connectivity index (χ3v) is 4.61. The van der Waals surface area contributed by atoms with Gasteiger partial charge < -0.3 is 31.7 Å². The number of aliphatic imine (C=N–C) groups is 1. The summed E-state index contributed by atoms with van der Waals surface area (Å²) in [6.45, 7) is 5.94. The number of carbonyl (C=O) groups is 3. The predicted octanol–water partition coefficient (Wildman–Crippen LogP) is -0.923. The van der Waals surface area contributed by atoms with E-state index in [4.69, 9.17) is 5.73 Å². The maximum atomic E-state index is 12.8. The fourth-order valence-corrected chi connectivity index (χ4v) is 3.01. The van der Waals surface area contributed by atoms with Crippen LogP contribution in [0, 0.1) is 10.8 Å². The van der Waals surface area contributed by atoms with Crippen molar-refractivity contribution in [1.29, 1.82) is 0 Å². The average Bonchev–Trinajstić information content (AvgIpc) is 2.71. The Labute approximate surface area is 194 Å². The molecule has 0 unspecified atom stereocenters. The molecule has 0 aromatic carbocycles. The number of guanidine groups is 1. The number of nitrogens with two attached hydrogens (primary N) is 1. The zero-order valence-corrected chi connectivity index (χ0v) is 19.7. The SMILES string of the molecule is CC(=O)NCCCCCC(=O)N[C@@H](CCCN=C(N)NN=O)C(=O)N[C@@H](CC(C)C)B(O)O. The Bertz CT molecular complexity index is 648. The average molecular weight is 471 g/mol. The topological polar surface area (TPSA) is 208 Å². The molecular weight excluding hydrogens is 433 g/mol. The van der Waals surface area contributed by atoms with Gasteiger partial charge in [0.15, 0.2) is 0 Å². The minimum absolute atomic E-state index is 0.102. The molecule has 0 aromatic rings. The summed E-state index contributed by atoms with van der Waals surface area (Å²) in [5.41, 5.74) is 7.37. The van der Waals surface area contributed by atoms with Gasteiger partial charge in [-0.05, 0) is 38.0 Å². The Morgan fingerprint density at radius 1 is 1.06 bits per heavy atom. The molecule has 0 radical (unpaired) electrons. The van der Waals surface area contributed by atoms with Crippen LogP contribution in [-0.4, -0.2) is 65.9 Å². The molecule has 0 spiro atoms. The molecule has 3 amide bonds. The first kappa shape index (κ1) is 30.3. The molecule has 0 heterocycles.